The summed E-state index contributed by atoms with van der Waals surface area (Å²) in [5, 5.41) is 10.6. The molecule has 1 aromatic rings. The maximum Gasteiger partial charge on any atom is 1.00 e. The van der Waals surface area contributed by atoms with Gasteiger partial charge in [0.25, 0.3) is 0 Å². The molecule has 0 aliphatic carbocycles. The smallest absolute Gasteiger partial charge is 0.872 e. The molecule has 14 heavy (non-hydrogen) atoms. The van der Waals surface area contributed by atoms with Gasteiger partial charge in [-0.2, -0.15) is 0 Å². The third-order valence-electron chi connectivity index (χ3n) is 1.08. The minimum atomic E-state index is -4.53. The van der Waals surface area contributed by atoms with Crippen molar-refractivity contribution in [2.24, 2.45) is 0 Å². The summed E-state index contributed by atoms with van der Waals surface area (Å²) >= 11 is 0. The Balaban J connectivity index is 0. The Morgan fingerprint density at radius 3 is 2.21 bits per heavy atom. The van der Waals surface area contributed by atoms with Gasteiger partial charge in [0.15, 0.2) is 10.3 Å². The zero-order chi connectivity index (χ0) is 9.19. The van der Waals surface area contributed by atoms with E-state index in [4.69, 9.17) is 0 Å². The van der Waals surface area contributed by atoms with E-state index in [9.17, 15) is 18.1 Å². The second-order valence-electron chi connectivity index (χ2n) is 2.08. The largest absolute Gasteiger partial charge is 1.00 e. The molecule has 0 atom stereocenters. The van der Waals surface area contributed by atoms with Crippen LogP contribution >= 0.6 is 0 Å². The summed E-state index contributed by atoms with van der Waals surface area (Å²) in [6.07, 6.45) is 0. The molecular formula is C6H5NNa2O4S. The minimum Gasteiger partial charge on any atom is -0.872 e. The first-order valence-corrected chi connectivity index (χ1v) is 4.39. The van der Waals surface area contributed by atoms with Gasteiger partial charge in [-0.15, -0.1) is 5.75 Å². The second kappa shape index (κ2) is 7.08. The first kappa shape index (κ1) is 17.1. The van der Waals surface area contributed by atoms with E-state index in [-0.39, 0.29) is 70.6 Å². The van der Waals surface area contributed by atoms with Crippen LogP contribution in [0, 0.1) is 0 Å². The second-order valence-corrected chi connectivity index (χ2v) is 3.20. The summed E-state index contributed by atoms with van der Waals surface area (Å²) in [6, 6.07) is 4.95. The molecule has 0 spiro atoms. The summed E-state index contributed by atoms with van der Waals surface area (Å²) in [7, 11) is -4.53. The van der Waals surface area contributed by atoms with Gasteiger partial charge in [-0.25, -0.2) is 8.42 Å². The molecule has 0 heterocycles. The molecule has 0 saturated heterocycles. The van der Waals surface area contributed by atoms with Crippen LogP contribution in [0.3, 0.4) is 0 Å². The molecule has 0 radical (unpaired) electrons. The number of hydrogen-bond donors (Lipinski definition) is 1. The summed E-state index contributed by atoms with van der Waals surface area (Å²) < 4.78 is 32.1. The van der Waals surface area contributed by atoms with E-state index in [1.54, 1.807) is 4.72 Å². The summed E-state index contributed by atoms with van der Waals surface area (Å²) in [6.45, 7) is 0. The summed E-state index contributed by atoms with van der Waals surface area (Å²) in [5.41, 5.74) is -0.0162. The Kier molecular flexibility index (Phi) is 8.66. The summed E-state index contributed by atoms with van der Waals surface area (Å²) in [5.74, 6) is -0.358. The molecule has 0 aliphatic rings. The van der Waals surface area contributed by atoms with Gasteiger partial charge < -0.3 is 9.66 Å². The van der Waals surface area contributed by atoms with Gasteiger partial charge in [0, 0.05) is 5.69 Å². The van der Waals surface area contributed by atoms with Crippen LogP contribution in [-0.2, 0) is 10.3 Å². The fraction of sp³-hybridized carbons (Fsp3) is 0. The predicted molar refractivity (Wildman–Crippen MR) is 39.2 cm³/mol. The molecule has 1 aromatic carbocycles. The topological polar surface area (TPSA) is 92.3 Å². The number of nitrogens with one attached hydrogen (secondary N) is 1. The normalized spacial score (nSPS) is 9.50. The van der Waals surface area contributed by atoms with Crippen molar-refractivity contribution in [2.45, 2.75) is 0 Å². The fourth-order valence-electron chi connectivity index (χ4n) is 0.704. The van der Waals surface area contributed by atoms with Crippen LogP contribution < -0.4 is 68.9 Å². The monoisotopic (exact) mass is 233 g/mol. The van der Waals surface area contributed by atoms with E-state index in [0.29, 0.717) is 0 Å². The van der Waals surface area contributed by atoms with Gasteiger partial charge in [0.05, 0.1) is 0 Å². The van der Waals surface area contributed by atoms with Crippen molar-refractivity contribution in [3.05, 3.63) is 24.3 Å². The van der Waals surface area contributed by atoms with Crippen LogP contribution in [0.4, 0.5) is 5.69 Å². The average Bonchev–Trinajstić information content (AvgIpc) is 1.82. The zero-order valence-electron chi connectivity index (χ0n) is 7.85. The SMILES string of the molecule is O=S(=O)([O-])Nc1cccc([O-])c1.[Na+].[Na+]. The van der Waals surface area contributed by atoms with E-state index in [0.717, 1.165) is 6.07 Å². The molecule has 5 nitrogen and oxygen atoms in total. The van der Waals surface area contributed by atoms with Crippen LogP contribution in [0.1, 0.15) is 0 Å². The van der Waals surface area contributed by atoms with Crippen LogP contribution in [0.15, 0.2) is 24.3 Å². The average molecular weight is 233 g/mol. The molecule has 0 bridgehead atoms. The minimum absolute atomic E-state index is 0. The molecule has 0 amide bonds. The molecule has 0 unspecified atom stereocenters. The molecular weight excluding hydrogens is 228 g/mol. The van der Waals surface area contributed by atoms with Crippen LogP contribution in [0.25, 0.3) is 0 Å². The van der Waals surface area contributed by atoms with Gasteiger partial charge in [-0.3, -0.25) is 4.72 Å². The molecule has 0 saturated carbocycles. The molecule has 1 N–H and O–H groups in total. The Hall–Kier alpha value is 0.730. The van der Waals surface area contributed by atoms with E-state index >= 15 is 0 Å². The first-order valence-electron chi connectivity index (χ1n) is 2.98. The Bertz CT molecular complexity index is 381. The quantitative estimate of drug-likeness (QED) is 0.406. The standard InChI is InChI=1S/C6H7NO4S.2Na/c8-6-3-1-2-5(4-6)7-12(9,10)11;;/h1-4,7-8H,(H,9,10,11);;/q;2*+1/p-2. The molecule has 8 heteroatoms. The summed E-state index contributed by atoms with van der Waals surface area (Å²) in [4.78, 5) is 0. The van der Waals surface area contributed by atoms with Gasteiger partial charge in [0.1, 0.15) is 0 Å². The Morgan fingerprint density at radius 2 is 1.79 bits per heavy atom. The van der Waals surface area contributed by atoms with Crippen molar-refractivity contribution in [1.82, 2.24) is 0 Å². The van der Waals surface area contributed by atoms with Crippen LogP contribution in [0.2, 0.25) is 0 Å². The van der Waals surface area contributed by atoms with Crippen molar-refractivity contribution in [2.75, 3.05) is 4.72 Å². The molecule has 1 rings (SSSR count). The Labute approximate surface area is 126 Å². The van der Waals surface area contributed by atoms with E-state index in [1.165, 1.54) is 18.2 Å². The van der Waals surface area contributed by atoms with Crippen LogP contribution in [0.5, 0.6) is 5.75 Å². The molecule has 0 aliphatic heterocycles. The van der Waals surface area contributed by atoms with Crippen molar-refractivity contribution in [1.29, 1.82) is 0 Å². The number of rotatable bonds is 2. The molecule has 66 valence electrons. The van der Waals surface area contributed by atoms with Crippen LogP contribution in [-0.4, -0.2) is 13.0 Å². The Morgan fingerprint density at radius 1 is 1.21 bits per heavy atom. The number of anilines is 1. The van der Waals surface area contributed by atoms with Crippen molar-refractivity contribution < 1.29 is 77.2 Å². The van der Waals surface area contributed by atoms with Gasteiger partial charge in [-0.05, 0) is 12.1 Å². The third kappa shape index (κ3) is 7.08. The van der Waals surface area contributed by atoms with Crippen molar-refractivity contribution in [3.8, 4) is 5.75 Å². The van der Waals surface area contributed by atoms with E-state index < -0.39 is 10.3 Å². The number of benzene rings is 1. The van der Waals surface area contributed by atoms with E-state index in [2.05, 4.69) is 0 Å². The van der Waals surface area contributed by atoms with Crippen molar-refractivity contribution in [3.63, 3.8) is 0 Å². The molecule has 0 fully saturated rings. The van der Waals surface area contributed by atoms with Crippen molar-refractivity contribution >= 4 is 16.0 Å². The first-order chi connectivity index (χ1) is 5.47. The maximum absolute atomic E-state index is 10.6. The van der Waals surface area contributed by atoms with Gasteiger partial charge in [0.2, 0.25) is 0 Å². The van der Waals surface area contributed by atoms with Gasteiger partial charge >= 0.3 is 59.1 Å². The zero-order valence-corrected chi connectivity index (χ0v) is 12.7. The predicted octanol–water partition coefficient (Wildman–Crippen LogP) is -6.36. The maximum atomic E-state index is 10.6. The fourth-order valence-corrected chi connectivity index (χ4v) is 1.12. The third-order valence-corrected chi connectivity index (χ3v) is 1.56. The molecule has 0 aromatic heterocycles. The van der Waals surface area contributed by atoms with Gasteiger partial charge in [-0.1, -0.05) is 12.1 Å². The van der Waals surface area contributed by atoms with E-state index in [1.807, 2.05) is 0 Å². The number of hydrogen-bond acceptors (Lipinski definition) is 4.